The summed E-state index contributed by atoms with van der Waals surface area (Å²) in [5.41, 5.74) is 0.821. The van der Waals surface area contributed by atoms with Crippen LogP contribution >= 0.6 is 0 Å². The average molecular weight is 272 g/mol. The molecule has 6 heteroatoms. The third-order valence-electron chi connectivity index (χ3n) is 4.55. The highest BCUT2D eigenvalue weighted by molar-refractivity contribution is 5.46. The highest BCUT2D eigenvalue weighted by atomic mass is 15.4. The maximum atomic E-state index is 4.68. The first-order chi connectivity index (χ1) is 9.81. The van der Waals surface area contributed by atoms with Crippen LogP contribution in [0, 0.1) is 6.92 Å². The first-order valence-electron chi connectivity index (χ1n) is 7.49. The summed E-state index contributed by atoms with van der Waals surface area (Å²) in [5.74, 6) is 1.89. The van der Waals surface area contributed by atoms with Gasteiger partial charge >= 0.3 is 0 Å². The fourth-order valence-electron chi connectivity index (χ4n) is 3.41. The molecule has 2 aromatic rings. The summed E-state index contributed by atoms with van der Waals surface area (Å²) in [6, 6.07) is 4.78. The van der Waals surface area contributed by atoms with Crippen molar-refractivity contribution < 1.29 is 0 Å². The Morgan fingerprint density at radius 1 is 1.10 bits per heavy atom. The van der Waals surface area contributed by atoms with Crippen LogP contribution in [-0.4, -0.2) is 56.9 Å². The van der Waals surface area contributed by atoms with Crippen LogP contribution in [0.3, 0.4) is 0 Å². The fraction of sp³-hybridized carbons (Fsp3) is 0.643. The van der Waals surface area contributed by atoms with Gasteiger partial charge in [-0.1, -0.05) is 0 Å². The van der Waals surface area contributed by atoms with Gasteiger partial charge in [0.15, 0.2) is 11.5 Å². The molecular weight excluding hydrogens is 252 g/mol. The fourth-order valence-corrected chi connectivity index (χ4v) is 3.41. The first kappa shape index (κ1) is 12.1. The van der Waals surface area contributed by atoms with Crippen molar-refractivity contribution in [2.24, 2.45) is 0 Å². The van der Waals surface area contributed by atoms with Crippen molar-refractivity contribution >= 4 is 11.5 Å². The molecule has 2 aromatic heterocycles. The summed E-state index contributed by atoms with van der Waals surface area (Å²) in [6.45, 7) is 6.68. The molecule has 2 saturated heterocycles. The molecule has 0 aliphatic carbocycles. The summed E-state index contributed by atoms with van der Waals surface area (Å²) in [4.78, 5) is 5.03. The minimum atomic E-state index is 0.706. The number of hydrogen-bond donors (Lipinski definition) is 0. The van der Waals surface area contributed by atoms with Crippen LogP contribution in [0.1, 0.15) is 25.1 Å². The second-order valence-electron chi connectivity index (χ2n) is 5.84. The maximum Gasteiger partial charge on any atom is 0.178 e. The van der Waals surface area contributed by atoms with Gasteiger partial charge in [-0.25, -0.2) is 0 Å². The van der Waals surface area contributed by atoms with Crippen molar-refractivity contribution in [2.45, 2.75) is 32.2 Å². The lowest BCUT2D eigenvalue weighted by atomic mass is 10.2. The minimum absolute atomic E-state index is 0.706. The van der Waals surface area contributed by atoms with E-state index in [2.05, 4.69) is 31.2 Å². The number of hydrogen-bond acceptors (Lipinski definition) is 5. The highest BCUT2D eigenvalue weighted by Crippen LogP contribution is 2.24. The Hall–Kier alpha value is -1.69. The number of nitrogens with zero attached hydrogens (tertiary/aromatic N) is 6. The lowest BCUT2D eigenvalue weighted by Gasteiger charge is -2.23. The Balaban J connectivity index is 1.55. The van der Waals surface area contributed by atoms with E-state index in [9.17, 15) is 0 Å². The smallest absolute Gasteiger partial charge is 0.178 e. The standard InChI is InChI=1S/C14H20N6/c1-11-15-16-13-4-5-14(17-20(11)13)19-9-6-12(10-19)18-7-2-3-8-18/h4-5,12H,2-3,6-10H2,1H3. The van der Waals surface area contributed by atoms with Gasteiger partial charge in [0.2, 0.25) is 0 Å². The van der Waals surface area contributed by atoms with Crippen molar-refractivity contribution in [3.05, 3.63) is 18.0 Å². The van der Waals surface area contributed by atoms with Crippen LogP contribution in [0.25, 0.3) is 5.65 Å². The van der Waals surface area contributed by atoms with Crippen LogP contribution < -0.4 is 4.90 Å². The summed E-state index contributed by atoms with van der Waals surface area (Å²) in [6.07, 6.45) is 3.97. The highest BCUT2D eigenvalue weighted by Gasteiger charge is 2.30. The van der Waals surface area contributed by atoms with E-state index in [1.165, 1.54) is 32.4 Å². The van der Waals surface area contributed by atoms with E-state index in [1.807, 2.05) is 17.5 Å². The van der Waals surface area contributed by atoms with Gasteiger partial charge in [0.05, 0.1) is 0 Å². The molecule has 0 saturated carbocycles. The second kappa shape index (κ2) is 4.70. The Labute approximate surface area is 118 Å². The van der Waals surface area contributed by atoms with Crippen molar-refractivity contribution in [3.63, 3.8) is 0 Å². The molecule has 2 fully saturated rings. The van der Waals surface area contributed by atoms with Crippen LogP contribution in [0.4, 0.5) is 5.82 Å². The molecule has 6 nitrogen and oxygen atoms in total. The zero-order chi connectivity index (χ0) is 13.5. The monoisotopic (exact) mass is 272 g/mol. The SMILES string of the molecule is Cc1nnc2ccc(N3CCC(N4CCCC4)C3)nn12. The van der Waals surface area contributed by atoms with E-state index >= 15 is 0 Å². The lowest BCUT2D eigenvalue weighted by molar-refractivity contribution is 0.260. The third kappa shape index (κ3) is 1.95. The summed E-state index contributed by atoms with van der Waals surface area (Å²) in [7, 11) is 0. The molecule has 2 aliphatic rings. The van der Waals surface area contributed by atoms with Gasteiger partial charge in [0.25, 0.3) is 0 Å². The molecule has 20 heavy (non-hydrogen) atoms. The van der Waals surface area contributed by atoms with Gasteiger partial charge in [-0.15, -0.1) is 15.3 Å². The van der Waals surface area contributed by atoms with Crippen LogP contribution in [-0.2, 0) is 0 Å². The number of likely N-dealkylation sites (tertiary alicyclic amines) is 1. The van der Waals surface area contributed by atoms with Gasteiger partial charge in [0.1, 0.15) is 5.82 Å². The Kier molecular flexibility index (Phi) is 2.84. The van der Waals surface area contributed by atoms with E-state index < -0.39 is 0 Å². The van der Waals surface area contributed by atoms with Gasteiger partial charge in [0, 0.05) is 19.1 Å². The molecule has 2 aliphatic heterocycles. The maximum absolute atomic E-state index is 4.68. The molecule has 0 amide bonds. The first-order valence-corrected chi connectivity index (χ1v) is 7.49. The summed E-state index contributed by atoms with van der Waals surface area (Å²) < 4.78 is 1.83. The minimum Gasteiger partial charge on any atom is -0.354 e. The van der Waals surface area contributed by atoms with Crippen molar-refractivity contribution in [3.8, 4) is 0 Å². The van der Waals surface area contributed by atoms with Crippen LogP contribution in [0.15, 0.2) is 12.1 Å². The topological polar surface area (TPSA) is 49.6 Å². The molecular formula is C14H20N6. The molecule has 0 bridgehead atoms. The molecule has 1 unspecified atom stereocenters. The molecule has 0 N–H and O–H groups in total. The van der Waals surface area contributed by atoms with Crippen molar-refractivity contribution in [1.29, 1.82) is 0 Å². The van der Waals surface area contributed by atoms with E-state index in [-0.39, 0.29) is 0 Å². The van der Waals surface area contributed by atoms with Crippen molar-refractivity contribution in [2.75, 3.05) is 31.1 Å². The van der Waals surface area contributed by atoms with Gasteiger partial charge in [-0.2, -0.15) is 4.52 Å². The van der Waals surface area contributed by atoms with Gasteiger partial charge in [-0.05, 0) is 51.4 Å². The number of rotatable bonds is 2. The predicted molar refractivity (Wildman–Crippen MR) is 76.9 cm³/mol. The average Bonchev–Trinajstić information content (AvgIpc) is 3.18. The number of aryl methyl sites for hydroxylation is 1. The number of anilines is 1. The van der Waals surface area contributed by atoms with Crippen molar-refractivity contribution in [1.82, 2.24) is 24.7 Å². The zero-order valence-corrected chi connectivity index (χ0v) is 11.9. The Morgan fingerprint density at radius 2 is 1.95 bits per heavy atom. The van der Waals surface area contributed by atoms with E-state index in [0.717, 1.165) is 30.4 Å². The Morgan fingerprint density at radius 3 is 2.80 bits per heavy atom. The van der Waals surface area contributed by atoms with E-state index in [0.29, 0.717) is 6.04 Å². The van der Waals surface area contributed by atoms with E-state index in [4.69, 9.17) is 0 Å². The normalized spacial score (nSPS) is 24.1. The molecule has 0 spiro atoms. The molecule has 0 aromatic carbocycles. The largest absolute Gasteiger partial charge is 0.354 e. The third-order valence-corrected chi connectivity index (χ3v) is 4.55. The lowest BCUT2D eigenvalue weighted by Crippen LogP contribution is -2.35. The van der Waals surface area contributed by atoms with Gasteiger partial charge < -0.3 is 4.90 Å². The number of aromatic nitrogens is 4. The second-order valence-corrected chi connectivity index (χ2v) is 5.84. The van der Waals surface area contributed by atoms with Crippen LogP contribution in [0.5, 0.6) is 0 Å². The zero-order valence-electron chi connectivity index (χ0n) is 11.9. The molecule has 1 atom stereocenters. The van der Waals surface area contributed by atoms with Gasteiger partial charge in [-0.3, -0.25) is 4.90 Å². The molecule has 0 radical (unpaired) electrons. The summed E-state index contributed by atoms with van der Waals surface area (Å²) in [5, 5.41) is 12.8. The van der Waals surface area contributed by atoms with E-state index in [1.54, 1.807) is 0 Å². The quantitative estimate of drug-likeness (QED) is 0.819. The number of fused-ring (bicyclic) bond motifs is 1. The molecule has 4 heterocycles. The predicted octanol–water partition coefficient (Wildman–Crippen LogP) is 1.11. The Bertz CT molecular complexity index is 615. The molecule has 106 valence electrons. The van der Waals surface area contributed by atoms with Crippen LogP contribution in [0.2, 0.25) is 0 Å². The summed E-state index contributed by atoms with van der Waals surface area (Å²) >= 11 is 0. The molecule has 4 rings (SSSR count).